The van der Waals surface area contributed by atoms with Gasteiger partial charge in [-0.2, -0.15) is 31.4 Å². The fraction of sp³-hybridized carbons (Fsp3) is 0.286. The highest BCUT2D eigenvalue weighted by Gasteiger charge is 2.35. The van der Waals surface area contributed by atoms with Gasteiger partial charge in [0.2, 0.25) is 0 Å². The van der Waals surface area contributed by atoms with Crippen molar-refractivity contribution in [3.8, 4) is 11.3 Å². The van der Waals surface area contributed by atoms with E-state index in [1.807, 2.05) is 0 Å². The van der Waals surface area contributed by atoms with E-state index in [1.165, 1.54) is 16.8 Å². The lowest BCUT2D eigenvalue weighted by Crippen LogP contribution is -2.33. The van der Waals surface area contributed by atoms with E-state index in [1.54, 1.807) is 0 Å². The molecule has 0 radical (unpaired) electrons. The molecule has 3 aromatic rings. The molecule has 0 unspecified atom stereocenters. The second-order valence-electron chi connectivity index (χ2n) is 7.47. The first-order valence-electron chi connectivity index (χ1n) is 9.72. The molecular weight excluding hydrogens is 457 g/mol. The summed E-state index contributed by atoms with van der Waals surface area (Å²) in [6.45, 7) is 0.452. The van der Waals surface area contributed by atoms with E-state index in [0.717, 1.165) is 18.3 Å². The number of aromatic nitrogens is 3. The zero-order valence-corrected chi connectivity index (χ0v) is 16.6. The van der Waals surface area contributed by atoms with Crippen molar-refractivity contribution in [3.63, 3.8) is 0 Å². The number of hydrogen-bond donors (Lipinski definition) is 1. The number of carbonyl (C=O) groups excluding carboxylic acids is 1. The van der Waals surface area contributed by atoms with Gasteiger partial charge in [-0.15, -0.1) is 0 Å². The SMILES string of the molecule is O=C(N[C@H]1CCCn2nc(-c3ccnc(C(F)(F)F)c3)cc21)c1ccc(F)c(C(F)(F)F)c1. The van der Waals surface area contributed by atoms with Gasteiger partial charge in [0.25, 0.3) is 5.91 Å². The van der Waals surface area contributed by atoms with Gasteiger partial charge in [0.05, 0.1) is 23.0 Å². The summed E-state index contributed by atoms with van der Waals surface area (Å²) in [4.78, 5) is 15.9. The molecule has 0 fully saturated rings. The molecule has 3 heterocycles. The van der Waals surface area contributed by atoms with Gasteiger partial charge in [-0.1, -0.05) is 0 Å². The third-order valence-electron chi connectivity index (χ3n) is 5.22. The standard InChI is InChI=1S/C21H15F7N4O/c22-14-4-3-12(8-13(14)20(23,24)25)19(33)30-15-2-1-7-32-17(15)10-16(31-32)11-5-6-29-18(9-11)21(26,27)28/h3-6,8-10,15H,1-2,7H2,(H,30,33)/t15-/m0/s1. The van der Waals surface area contributed by atoms with Crippen molar-refractivity contribution in [1.82, 2.24) is 20.1 Å². The molecule has 1 amide bonds. The first kappa shape index (κ1) is 22.7. The average Bonchev–Trinajstić information content (AvgIpc) is 3.18. The van der Waals surface area contributed by atoms with Crippen molar-refractivity contribution in [2.45, 2.75) is 37.8 Å². The number of fused-ring (bicyclic) bond motifs is 1. The quantitative estimate of drug-likeness (QED) is 0.521. The molecule has 2 aromatic heterocycles. The second kappa shape index (κ2) is 8.16. The minimum atomic E-state index is -4.96. The molecule has 0 saturated carbocycles. The zero-order valence-electron chi connectivity index (χ0n) is 16.6. The number of rotatable bonds is 3. The number of pyridine rings is 1. The van der Waals surface area contributed by atoms with Gasteiger partial charge in [-0.3, -0.25) is 14.5 Å². The highest BCUT2D eigenvalue weighted by Crippen LogP contribution is 2.34. The topological polar surface area (TPSA) is 59.8 Å². The highest BCUT2D eigenvalue weighted by molar-refractivity contribution is 5.94. The molecule has 12 heteroatoms. The number of aryl methyl sites for hydroxylation is 1. The number of amides is 1. The van der Waals surface area contributed by atoms with E-state index >= 15 is 0 Å². The van der Waals surface area contributed by atoms with Crippen molar-refractivity contribution < 1.29 is 35.5 Å². The van der Waals surface area contributed by atoms with Crippen LogP contribution in [-0.4, -0.2) is 20.7 Å². The van der Waals surface area contributed by atoms with Crippen LogP contribution in [0.1, 0.15) is 46.2 Å². The molecule has 4 rings (SSSR count). The van der Waals surface area contributed by atoms with Crippen LogP contribution < -0.4 is 5.32 Å². The minimum Gasteiger partial charge on any atom is -0.344 e. The van der Waals surface area contributed by atoms with Gasteiger partial charge >= 0.3 is 12.4 Å². The highest BCUT2D eigenvalue weighted by atomic mass is 19.4. The molecule has 1 atom stereocenters. The summed E-state index contributed by atoms with van der Waals surface area (Å²) in [6, 6.07) is 5.06. The van der Waals surface area contributed by atoms with Crippen molar-refractivity contribution in [2.24, 2.45) is 0 Å². The Kier molecular flexibility index (Phi) is 5.62. The van der Waals surface area contributed by atoms with E-state index in [9.17, 15) is 35.5 Å². The predicted octanol–water partition coefficient (Wildman–Crippen LogP) is 5.39. The molecule has 0 saturated heterocycles. The van der Waals surface area contributed by atoms with E-state index in [0.29, 0.717) is 37.2 Å². The maximum Gasteiger partial charge on any atom is 0.433 e. The van der Waals surface area contributed by atoms with E-state index in [-0.39, 0.29) is 16.8 Å². The first-order valence-corrected chi connectivity index (χ1v) is 9.72. The Morgan fingerprint density at radius 2 is 1.79 bits per heavy atom. The molecule has 174 valence electrons. The molecule has 1 aliphatic rings. The Morgan fingerprint density at radius 1 is 1.03 bits per heavy atom. The third kappa shape index (κ3) is 4.69. The Balaban J connectivity index is 1.60. The molecular formula is C21H15F7N4O. The van der Waals surface area contributed by atoms with Gasteiger partial charge in [0.1, 0.15) is 11.5 Å². The number of halogens is 7. The summed E-state index contributed by atoms with van der Waals surface area (Å²) >= 11 is 0. The Hall–Kier alpha value is -3.44. The molecule has 1 N–H and O–H groups in total. The van der Waals surface area contributed by atoms with Crippen molar-refractivity contribution in [3.05, 3.63) is 70.9 Å². The number of alkyl halides is 6. The van der Waals surface area contributed by atoms with E-state index < -0.39 is 41.4 Å². The largest absolute Gasteiger partial charge is 0.433 e. The monoisotopic (exact) mass is 472 g/mol. The van der Waals surface area contributed by atoms with Gasteiger partial charge in [-0.05, 0) is 49.2 Å². The summed E-state index contributed by atoms with van der Waals surface area (Å²) in [7, 11) is 0. The van der Waals surface area contributed by atoms with Crippen molar-refractivity contribution >= 4 is 5.91 Å². The lowest BCUT2D eigenvalue weighted by Gasteiger charge is -2.24. The van der Waals surface area contributed by atoms with Crippen LogP contribution >= 0.6 is 0 Å². The first-order chi connectivity index (χ1) is 15.4. The van der Waals surface area contributed by atoms with Crippen LogP contribution in [0.5, 0.6) is 0 Å². The fourth-order valence-corrected chi connectivity index (χ4v) is 3.64. The normalized spacial score (nSPS) is 16.4. The third-order valence-corrected chi connectivity index (χ3v) is 5.22. The minimum absolute atomic E-state index is 0.178. The number of hydrogen-bond acceptors (Lipinski definition) is 3. The maximum absolute atomic E-state index is 13.5. The molecule has 1 aliphatic heterocycles. The summed E-state index contributed by atoms with van der Waals surface area (Å²) in [5.74, 6) is -2.33. The molecule has 0 spiro atoms. The number of nitrogens with zero attached hydrogens (tertiary/aromatic N) is 3. The Bertz CT molecular complexity index is 1200. The van der Waals surface area contributed by atoms with Crippen LogP contribution in [0.15, 0.2) is 42.6 Å². The Labute approximate surface area is 182 Å². The molecule has 33 heavy (non-hydrogen) atoms. The number of benzene rings is 1. The van der Waals surface area contributed by atoms with Crippen molar-refractivity contribution in [2.75, 3.05) is 0 Å². The number of nitrogens with one attached hydrogen (secondary N) is 1. The second-order valence-corrected chi connectivity index (χ2v) is 7.47. The maximum atomic E-state index is 13.5. The van der Waals surface area contributed by atoms with Gasteiger partial charge in [-0.25, -0.2) is 4.39 Å². The van der Waals surface area contributed by atoms with Crippen LogP contribution in [0.3, 0.4) is 0 Å². The van der Waals surface area contributed by atoms with E-state index in [4.69, 9.17) is 0 Å². The smallest absolute Gasteiger partial charge is 0.344 e. The predicted molar refractivity (Wildman–Crippen MR) is 101 cm³/mol. The molecule has 0 aliphatic carbocycles. The lowest BCUT2D eigenvalue weighted by atomic mass is 10.0. The molecule has 1 aromatic carbocycles. The van der Waals surface area contributed by atoms with Crippen LogP contribution in [0, 0.1) is 5.82 Å². The van der Waals surface area contributed by atoms with Gasteiger partial charge in [0.15, 0.2) is 0 Å². The zero-order chi connectivity index (χ0) is 24.0. The summed E-state index contributed by atoms with van der Waals surface area (Å²) in [6.07, 6.45) is -7.56. The van der Waals surface area contributed by atoms with E-state index in [2.05, 4.69) is 15.4 Å². The number of carbonyl (C=O) groups is 1. The molecule has 5 nitrogen and oxygen atoms in total. The average molecular weight is 472 g/mol. The van der Waals surface area contributed by atoms with Gasteiger partial charge in [0, 0.05) is 23.9 Å². The Morgan fingerprint density at radius 3 is 2.48 bits per heavy atom. The van der Waals surface area contributed by atoms with Crippen LogP contribution in [0.4, 0.5) is 30.7 Å². The van der Waals surface area contributed by atoms with Crippen LogP contribution in [0.2, 0.25) is 0 Å². The summed E-state index contributed by atoms with van der Waals surface area (Å²) < 4.78 is 92.8. The fourth-order valence-electron chi connectivity index (χ4n) is 3.64. The van der Waals surface area contributed by atoms with Crippen LogP contribution in [0.25, 0.3) is 11.3 Å². The summed E-state index contributed by atoms with van der Waals surface area (Å²) in [5, 5.41) is 6.91. The van der Waals surface area contributed by atoms with Gasteiger partial charge < -0.3 is 5.32 Å². The van der Waals surface area contributed by atoms with Crippen LogP contribution in [-0.2, 0) is 18.9 Å². The lowest BCUT2D eigenvalue weighted by molar-refractivity contribution is -0.141. The van der Waals surface area contributed by atoms with Crippen molar-refractivity contribution in [1.29, 1.82) is 0 Å². The molecule has 0 bridgehead atoms. The summed E-state index contributed by atoms with van der Waals surface area (Å²) in [5.41, 5.74) is -2.09.